The van der Waals surface area contributed by atoms with Gasteiger partial charge in [-0.1, -0.05) is 0 Å². The number of ether oxygens (including phenoxy) is 1. The summed E-state index contributed by atoms with van der Waals surface area (Å²) in [5.74, 6) is 0.894. The van der Waals surface area contributed by atoms with Gasteiger partial charge in [-0.25, -0.2) is 0 Å². The van der Waals surface area contributed by atoms with Crippen LogP contribution in [0.4, 0.5) is 5.69 Å². The minimum atomic E-state index is -0.190. The molecule has 0 aliphatic carbocycles. The highest BCUT2D eigenvalue weighted by molar-refractivity contribution is 5.64. The van der Waals surface area contributed by atoms with E-state index in [-0.39, 0.29) is 6.04 Å². The monoisotopic (exact) mass is 218 g/mol. The Balaban J connectivity index is 3.21. The molecule has 0 spiro atoms. The van der Waals surface area contributed by atoms with Crippen molar-refractivity contribution >= 4 is 5.69 Å². The van der Waals surface area contributed by atoms with Crippen LogP contribution < -0.4 is 10.1 Å². The van der Waals surface area contributed by atoms with Crippen LogP contribution in [0.25, 0.3) is 0 Å². The predicted octanol–water partition coefficient (Wildman–Crippen LogP) is 2.94. The Morgan fingerprint density at radius 1 is 1.31 bits per heavy atom. The average Bonchev–Trinajstić information content (AvgIpc) is 2.28. The zero-order valence-corrected chi connectivity index (χ0v) is 10.5. The molecule has 0 radical (unpaired) electrons. The highest BCUT2D eigenvalue weighted by Crippen LogP contribution is 2.31. The molecule has 1 N–H and O–H groups in total. The van der Waals surface area contributed by atoms with Crippen LogP contribution in [0.5, 0.6) is 5.75 Å². The third kappa shape index (κ3) is 2.27. The molecule has 1 rings (SSSR count). The summed E-state index contributed by atoms with van der Waals surface area (Å²) in [6.45, 7) is 7.92. The number of nitriles is 1. The number of benzene rings is 1. The first-order valence-corrected chi connectivity index (χ1v) is 5.32. The molecule has 1 unspecified atom stereocenters. The first-order valence-electron chi connectivity index (χ1n) is 5.32. The van der Waals surface area contributed by atoms with Crippen molar-refractivity contribution in [2.45, 2.75) is 33.7 Å². The van der Waals surface area contributed by atoms with Gasteiger partial charge in [0.15, 0.2) is 0 Å². The van der Waals surface area contributed by atoms with Crippen LogP contribution in [0.1, 0.15) is 23.6 Å². The molecular weight excluding hydrogens is 200 g/mol. The molecule has 0 amide bonds. The molecular formula is C13H18N2O. The summed E-state index contributed by atoms with van der Waals surface area (Å²) >= 11 is 0. The number of nitrogens with one attached hydrogen (secondary N) is 1. The van der Waals surface area contributed by atoms with E-state index in [0.717, 1.165) is 28.1 Å². The molecule has 3 heteroatoms. The van der Waals surface area contributed by atoms with E-state index in [4.69, 9.17) is 10.00 Å². The third-order valence-electron chi connectivity index (χ3n) is 2.82. The maximum absolute atomic E-state index is 8.81. The predicted molar refractivity (Wildman–Crippen MR) is 65.9 cm³/mol. The molecule has 0 aliphatic heterocycles. The summed E-state index contributed by atoms with van der Waals surface area (Å²) in [4.78, 5) is 0. The summed E-state index contributed by atoms with van der Waals surface area (Å²) in [6, 6.07) is 3.98. The molecule has 3 nitrogen and oxygen atoms in total. The molecule has 1 aromatic carbocycles. The highest BCUT2D eigenvalue weighted by atomic mass is 16.5. The zero-order valence-electron chi connectivity index (χ0n) is 10.5. The molecule has 0 bridgehead atoms. The summed E-state index contributed by atoms with van der Waals surface area (Å²) in [6.07, 6.45) is 0. The van der Waals surface area contributed by atoms with Crippen molar-refractivity contribution in [3.8, 4) is 11.8 Å². The van der Waals surface area contributed by atoms with Gasteiger partial charge in [0.05, 0.1) is 13.2 Å². The fraction of sp³-hybridized carbons (Fsp3) is 0.462. The Labute approximate surface area is 97.0 Å². The van der Waals surface area contributed by atoms with Crippen LogP contribution in [0, 0.1) is 32.1 Å². The molecule has 86 valence electrons. The van der Waals surface area contributed by atoms with E-state index < -0.39 is 0 Å². The summed E-state index contributed by atoms with van der Waals surface area (Å²) in [5.41, 5.74) is 4.38. The number of hydrogen-bond donors (Lipinski definition) is 1. The van der Waals surface area contributed by atoms with Gasteiger partial charge in [0.2, 0.25) is 0 Å². The van der Waals surface area contributed by atoms with Crippen LogP contribution in [-0.2, 0) is 0 Å². The molecule has 0 aromatic heterocycles. The lowest BCUT2D eigenvalue weighted by Gasteiger charge is -2.18. The Hall–Kier alpha value is -1.69. The molecule has 0 saturated carbocycles. The van der Waals surface area contributed by atoms with Gasteiger partial charge < -0.3 is 10.1 Å². The van der Waals surface area contributed by atoms with Crippen molar-refractivity contribution in [3.63, 3.8) is 0 Å². The summed E-state index contributed by atoms with van der Waals surface area (Å²) in [7, 11) is 1.67. The fourth-order valence-electron chi connectivity index (χ4n) is 1.73. The largest absolute Gasteiger partial charge is 0.496 e. The molecule has 16 heavy (non-hydrogen) atoms. The van der Waals surface area contributed by atoms with Gasteiger partial charge in [0, 0.05) is 5.69 Å². The lowest BCUT2D eigenvalue weighted by molar-refractivity contribution is 0.411. The van der Waals surface area contributed by atoms with Crippen LogP contribution in [0.3, 0.4) is 0 Å². The standard InChI is InChI=1S/C13H18N2O/c1-8-6-12(16-5)10(3)11(4)13(8)15-9(2)7-14/h6,9,15H,1-5H3. The Bertz CT molecular complexity index is 433. The topological polar surface area (TPSA) is 45.0 Å². The van der Waals surface area contributed by atoms with Gasteiger partial charge in [-0.05, 0) is 50.5 Å². The van der Waals surface area contributed by atoms with Crippen molar-refractivity contribution in [2.24, 2.45) is 0 Å². The second-order valence-electron chi connectivity index (χ2n) is 4.02. The lowest BCUT2D eigenvalue weighted by Crippen LogP contribution is -2.14. The van der Waals surface area contributed by atoms with Crippen molar-refractivity contribution < 1.29 is 4.74 Å². The minimum absolute atomic E-state index is 0.190. The smallest absolute Gasteiger partial charge is 0.122 e. The van der Waals surface area contributed by atoms with E-state index >= 15 is 0 Å². The van der Waals surface area contributed by atoms with E-state index in [1.54, 1.807) is 7.11 Å². The van der Waals surface area contributed by atoms with Gasteiger partial charge in [0.25, 0.3) is 0 Å². The first-order chi connectivity index (χ1) is 7.51. The van der Waals surface area contributed by atoms with Crippen molar-refractivity contribution in [1.82, 2.24) is 0 Å². The molecule has 0 saturated heterocycles. The number of anilines is 1. The number of nitrogens with zero attached hydrogens (tertiary/aromatic N) is 1. The zero-order chi connectivity index (χ0) is 12.3. The third-order valence-corrected chi connectivity index (χ3v) is 2.82. The Morgan fingerprint density at radius 2 is 1.94 bits per heavy atom. The molecule has 0 aliphatic rings. The lowest BCUT2D eigenvalue weighted by atomic mass is 10.0. The van der Waals surface area contributed by atoms with Gasteiger partial charge in [-0.3, -0.25) is 0 Å². The van der Waals surface area contributed by atoms with Crippen LogP contribution in [-0.4, -0.2) is 13.2 Å². The molecule has 0 fully saturated rings. The fourth-order valence-corrected chi connectivity index (χ4v) is 1.73. The molecule has 1 aromatic rings. The highest BCUT2D eigenvalue weighted by Gasteiger charge is 2.11. The maximum atomic E-state index is 8.81. The Morgan fingerprint density at radius 3 is 2.44 bits per heavy atom. The number of aryl methyl sites for hydroxylation is 1. The van der Waals surface area contributed by atoms with Crippen molar-refractivity contribution in [3.05, 3.63) is 22.8 Å². The summed E-state index contributed by atoms with van der Waals surface area (Å²) in [5, 5.41) is 12.0. The van der Waals surface area contributed by atoms with Gasteiger partial charge in [-0.15, -0.1) is 0 Å². The SMILES string of the molecule is COc1cc(C)c(NC(C)C#N)c(C)c1C. The molecule has 1 atom stereocenters. The molecule has 0 heterocycles. The number of hydrogen-bond acceptors (Lipinski definition) is 3. The minimum Gasteiger partial charge on any atom is -0.496 e. The normalized spacial score (nSPS) is 11.8. The second-order valence-corrected chi connectivity index (χ2v) is 4.02. The van der Waals surface area contributed by atoms with E-state index in [0.29, 0.717) is 0 Å². The second kappa shape index (κ2) is 4.89. The van der Waals surface area contributed by atoms with E-state index in [2.05, 4.69) is 11.4 Å². The quantitative estimate of drug-likeness (QED) is 0.848. The Kier molecular flexibility index (Phi) is 3.78. The van der Waals surface area contributed by atoms with Gasteiger partial charge >= 0.3 is 0 Å². The van der Waals surface area contributed by atoms with Gasteiger partial charge in [0.1, 0.15) is 11.8 Å². The van der Waals surface area contributed by atoms with E-state index in [1.165, 1.54) is 0 Å². The van der Waals surface area contributed by atoms with Crippen LogP contribution in [0.2, 0.25) is 0 Å². The van der Waals surface area contributed by atoms with Crippen molar-refractivity contribution in [1.29, 1.82) is 5.26 Å². The average molecular weight is 218 g/mol. The van der Waals surface area contributed by atoms with E-state index in [1.807, 2.05) is 33.8 Å². The van der Waals surface area contributed by atoms with E-state index in [9.17, 15) is 0 Å². The number of rotatable bonds is 3. The van der Waals surface area contributed by atoms with Crippen molar-refractivity contribution in [2.75, 3.05) is 12.4 Å². The van der Waals surface area contributed by atoms with Crippen LogP contribution in [0.15, 0.2) is 6.07 Å². The van der Waals surface area contributed by atoms with Gasteiger partial charge in [-0.2, -0.15) is 5.26 Å². The first kappa shape index (κ1) is 12.4. The van der Waals surface area contributed by atoms with Crippen LogP contribution >= 0.6 is 0 Å². The maximum Gasteiger partial charge on any atom is 0.122 e. The number of methoxy groups -OCH3 is 1. The summed E-state index contributed by atoms with van der Waals surface area (Å²) < 4.78 is 5.30.